The number of methoxy groups -OCH3 is 2. The summed E-state index contributed by atoms with van der Waals surface area (Å²) in [5.41, 5.74) is 5.89. The van der Waals surface area contributed by atoms with Crippen molar-refractivity contribution in [3.63, 3.8) is 0 Å². The fourth-order valence-electron chi connectivity index (χ4n) is 10.3. The number of benzene rings is 4. The summed E-state index contributed by atoms with van der Waals surface area (Å²) < 4.78 is 72.9. The van der Waals surface area contributed by atoms with Crippen LogP contribution in [0.2, 0.25) is 0 Å². The molecule has 0 radical (unpaired) electrons. The molecule has 4 atom stereocenters. The molecule has 0 spiro atoms. The van der Waals surface area contributed by atoms with Gasteiger partial charge in [-0.05, 0) is 146 Å². The summed E-state index contributed by atoms with van der Waals surface area (Å²) in [7, 11) is 2.70. The number of hydrogen-bond acceptors (Lipinski definition) is 10. The number of halogens is 4. The van der Waals surface area contributed by atoms with E-state index in [1.807, 2.05) is 12.1 Å². The van der Waals surface area contributed by atoms with E-state index in [1.165, 1.54) is 38.5 Å². The van der Waals surface area contributed by atoms with Crippen molar-refractivity contribution in [3.8, 4) is 11.5 Å². The Kier molecular flexibility index (Phi) is 15.5. The molecular formula is C51H62F4N6O6. The molecule has 2 aliphatic carbocycles. The minimum atomic E-state index is -2.87. The van der Waals surface area contributed by atoms with E-state index in [0.29, 0.717) is 57.3 Å². The molecule has 0 saturated heterocycles. The first-order valence-corrected chi connectivity index (χ1v) is 22.1. The lowest BCUT2D eigenvalue weighted by molar-refractivity contribution is -0.0505. The van der Waals surface area contributed by atoms with Crippen LogP contribution in [0.4, 0.5) is 40.8 Å². The molecule has 2 fully saturated rings. The van der Waals surface area contributed by atoms with Gasteiger partial charge < -0.3 is 38.7 Å². The maximum atomic E-state index is 12.5. The quantitative estimate of drug-likeness (QED) is 0.0903. The Hall–Kier alpha value is -6.32. The van der Waals surface area contributed by atoms with Crippen molar-refractivity contribution in [1.82, 2.24) is 19.1 Å². The standard InChI is InChI=1S/2C25H29F2N3O3.CH4/c2*1-15-11-18(14-25(2,3)13-15)30-21-10-5-16(22(31)32-4)12-20(21)29-24(30)28-17-6-8-19(9-7-17)33-23(26)27;/h2*5-10,12,15,18,23H,11,13-14H2,1-4H3,(H,28,29);1H4/t2*15-,18+;/m10./s1. The topological polar surface area (TPSA) is 131 Å². The predicted octanol–water partition coefficient (Wildman–Crippen LogP) is 13.7. The first kappa shape index (κ1) is 50.1. The Balaban J connectivity index is 0.000000218. The predicted molar refractivity (Wildman–Crippen MR) is 253 cm³/mol. The van der Waals surface area contributed by atoms with Crippen molar-refractivity contribution in [3.05, 3.63) is 96.1 Å². The van der Waals surface area contributed by atoms with Gasteiger partial charge in [-0.15, -0.1) is 0 Å². The van der Waals surface area contributed by atoms with E-state index < -0.39 is 25.2 Å². The first-order valence-electron chi connectivity index (χ1n) is 22.1. The average molecular weight is 931 g/mol. The Bertz CT molecular complexity index is 2470. The van der Waals surface area contributed by atoms with Crippen LogP contribution in [0, 0.1) is 22.7 Å². The zero-order valence-corrected chi connectivity index (χ0v) is 38.5. The number of imidazole rings is 2. The van der Waals surface area contributed by atoms with Crippen LogP contribution in [-0.2, 0) is 9.47 Å². The molecule has 6 aromatic rings. The molecule has 2 heterocycles. The average Bonchev–Trinajstić information content (AvgIpc) is 3.79. The highest BCUT2D eigenvalue weighted by atomic mass is 19.3. The van der Waals surface area contributed by atoms with Gasteiger partial charge in [-0.2, -0.15) is 17.6 Å². The summed E-state index contributed by atoms with van der Waals surface area (Å²) in [5.74, 6) is 1.76. The van der Waals surface area contributed by atoms with Gasteiger partial charge in [0.05, 0.1) is 47.4 Å². The molecule has 8 rings (SSSR count). The van der Waals surface area contributed by atoms with E-state index in [2.05, 4.69) is 70.8 Å². The normalized spacial score (nSPS) is 19.8. The fourth-order valence-corrected chi connectivity index (χ4v) is 10.3. The SMILES string of the molecule is C.COC(=O)c1ccc2c(c1)nc(Nc1ccc(OC(F)F)cc1)n2[C@@H]1C[C@H](C)CC(C)(C)C1.COC(=O)c1ccc2c(c1)nc(Nc1ccc(OC(F)F)cc1)n2[C@H]1C[C@@H](C)CC(C)(C)C1. The summed E-state index contributed by atoms with van der Waals surface area (Å²) >= 11 is 0. The molecule has 0 amide bonds. The number of carbonyl (C=O) groups excluding carboxylic acids is 2. The van der Waals surface area contributed by atoms with Crippen molar-refractivity contribution in [2.75, 3.05) is 24.9 Å². The molecule has 4 aromatic carbocycles. The molecule has 2 aliphatic rings. The lowest BCUT2D eigenvalue weighted by Gasteiger charge is -2.40. The van der Waals surface area contributed by atoms with Gasteiger partial charge >= 0.3 is 25.2 Å². The van der Waals surface area contributed by atoms with Crippen LogP contribution < -0.4 is 20.1 Å². The maximum Gasteiger partial charge on any atom is 0.387 e. The Labute approximate surface area is 389 Å². The van der Waals surface area contributed by atoms with E-state index in [1.54, 1.807) is 48.5 Å². The molecular weight excluding hydrogens is 869 g/mol. The van der Waals surface area contributed by atoms with Gasteiger partial charge in [0.1, 0.15) is 11.5 Å². The molecule has 2 N–H and O–H groups in total. The third-order valence-electron chi connectivity index (χ3n) is 12.4. The number of hydrogen-bond donors (Lipinski definition) is 2. The second-order valence-corrected chi connectivity index (χ2v) is 19.2. The van der Waals surface area contributed by atoms with Crippen molar-refractivity contribution < 1.29 is 46.1 Å². The number of ether oxygens (including phenoxy) is 4. The summed E-state index contributed by atoms with van der Waals surface area (Å²) in [6, 6.07) is 23.9. The lowest BCUT2D eigenvalue weighted by Crippen LogP contribution is -2.29. The number of rotatable bonds is 12. The number of aromatic nitrogens is 4. The summed E-state index contributed by atoms with van der Waals surface area (Å²) in [5, 5.41) is 6.67. The van der Waals surface area contributed by atoms with Crippen LogP contribution in [0.3, 0.4) is 0 Å². The molecule has 67 heavy (non-hydrogen) atoms. The summed E-state index contributed by atoms with van der Waals surface area (Å²) in [4.78, 5) is 33.7. The number of nitrogens with zero attached hydrogens (tertiary/aromatic N) is 4. The van der Waals surface area contributed by atoms with Gasteiger partial charge in [0.25, 0.3) is 0 Å². The smallest absolute Gasteiger partial charge is 0.387 e. The minimum absolute atomic E-state index is 0. The monoisotopic (exact) mass is 930 g/mol. The van der Waals surface area contributed by atoms with Gasteiger partial charge in [0.2, 0.25) is 11.9 Å². The second-order valence-electron chi connectivity index (χ2n) is 19.2. The molecule has 0 bridgehead atoms. The lowest BCUT2D eigenvalue weighted by atomic mass is 9.70. The zero-order chi connectivity index (χ0) is 47.5. The van der Waals surface area contributed by atoms with Gasteiger partial charge in [-0.3, -0.25) is 0 Å². The van der Waals surface area contributed by atoms with Crippen LogP contribution in [-0.4, -0.2) is 58.5 Å². The molecule has 0 aliphatic heterocycles. The largest absolute Gasteiger partial charge is 0.465 e. The van der Waals surface area contributed by atoms with Crippen molar-refractivity contribution >= 4 is 57.3 Å². The molecule has 12 nitrogen and oxygen atoms in total. The molecule has 0 unspecified atom stereocenters. The maximum absolute atomic E-state index is 12.5. The van der Waals surface area contributed by atoms with E-state index in [-0.39, 0.29) is 41.8 Å². The van der Waals surface area contributed by atoms with Crippen molar-refractivity contribution in [2.45, 2.75) is 113 Å². The van der Waals surface area contributed by atoms with E-state index >= 15 is 0 Å². The number of fused-ring (bicyclic) bond motifs is 2. The van der Waals surface area contributed by atoms with E-state index in [9.17, 15) is 27.2 Å². The third kappa shape index (κ3) is 12.2. The van der Waals surface area contributed by atoms with Crippen molar-refractivity contribution in [1.29, 1.82) is 0 Å². The van der Waals surface area contributed by atoms with Gasteiger partial charge in [-0.1, -0.05) is 49.0 Å². The highest BCUT2D eigenvalue weighted by molar-refractivity contribution is 5.95. The summed E-state index contributed by atoms with van der Waals surface area (Å²) in [6.45, 7) is 7.98. The Morgan fingerprint density at radius 3 is 1.27 bits per heavy atom. The van der Waals surface area contributed by atoms with Crippen LogP contribution in [0.25, 0.3) is 22.1 Å². The highest BCUT2D eigenvalue weighted by Gasteiger charge is 2.36. The Morgan fingerprint density at radius 2 is 0.955 bits per heavy atom. The minimum Gasteiger partial charge on any atom is -0.465 e. The van der Waals surface area contributed by atoms with E-state index in [0.717, 1.165) is 49.6 Å². The van der Waals surface area contributed by atoms with Crippen LogP contribution >= 0.6 is 0 Å². The number of alkyl halides is 4. The number of nitrogens with one attached hydrogen (secondary N) is 2. The molecule has 360 valence electrons. The molecule has 2 aromatic heterocycles. The Morgan fingerprint density at radius 1 is 0.597 bits per heavy atom. The zero-order valence-electron chi connectivity index (χ0n) is 38.5. The van der Waals surface area contributed by atoms with Crippen LogP contribution in [0.15, 0.2) is 84.9 Å². The fraction of sp³-hybridized carbons (Fsp3) is 0.451. The second kappa shape index (κ2) is 20.7. The van der Waals surface area contributed by atoms with Crippen LogP contribution in [0.5, 0.6) is 11.5 Å². The van der Waals surface area contributed by atoms with Crippen molar-refractivity contribution in [2.24, 2.45) is 22.7 Å². The number of carbonyl (C=O) groups is 2. The molecule has 2 saturated carbocycles. The van der Waals surface area contributed by atoms with Gasteiger partial charge in [-0.25, -0.2) is 19.6 Å². The third-order valence-corrected chi connectivity index (χ3v) is 12.4. The number of anilines is 4. The number of esters is 2. The van der Waals surface area contributed by atoms with E-state index in [4.69, 9.17) is 19.4 Å². The molecule has 16 heteroatoms. The van der Waals surface area contributed by atoms with Gasteiger partial charge in [0, 0.05) is 23.5 Å². The summed E-state index contributed by atoms with van der Waals surface area (Å²) in [6.07, 6.45) is 6.36. The first-order chi connectivity index (χ1) is 31.3. The van der Waals surface area contributed by atoms with Crippen LogP contribution in [0.1, 0.15) is 120 Å². The highest BCUT2D eigenvalue weighted by Crippen LogP contribution is 2.47. The van der Waals surface area contributed by atoms with Gasteiger partial charge in [0.15, 0.2) is 0 Å².